The zero-order valence-electron chi connectivity index (χ0n) is 16.8. The van der Waals surface area contributed by atoms with E-state index in [1.165, 1.54) is 5.56 Å². The molecule has 1 fully saturated rings. The monoisotopic (exact) mass is 400 g/mol. The number of hydrogen-bond donors (Lipinski definition) is 3. The fraction of sp³-hybridized carbons (Fsp3) is 0.240. The minimum atomic E-state index is -0.697. The summed E-state index contributed by atoms with van der Waals surface area (Å²) in [6, 6.07) is 18.0. The van der Waals surface area contributed by atoms with Crippen LogP contribution >= 0.6 is 0 Å². The Bertz CT molecular complexity index is 1250. The summed E-state index contributed by atoms with van der Waals surface area (Å²) in [6.07, 6.45) is 0.942. The highest BCUT2D eigenvalue weighted by atomic mass is 16.3. The number of likely N-dealkylation sites (tertiary alicyclic amines) is 1. The van der Waals surface area contributed by atoms with Gasteiger partial charge >= 0.3 is 0 Å². The number of aliphatic hydroxyl groups is 2. The quantitative estimate of drug-likeness (QED) is 0.478. The molecule has 1 aliphatic heterocycles. The Balaban J connectivity index is 1.64. The number of aliphatic hydroxyl groups excluding tert-OH is 2. The Hall–Kier alpha value is -3.15. The van der Waals surface area contributed by atoms with Gasteiger partial charge in [-0.05, 0) is 34.9 Å². The van der Waals surface area contributed by atoms with Gasteiger partial charge in [0.1, 0.15) is 0 Å². The van der Waals surface area contributed by atoms with E-state index in [0.717, 1.165) is 32.8 Å². The normalized spacial score (nSPS) is 19.5. The number of rotatable bonds is 2. The zero-order chi connectivity index (χ0) is 20.8. The molecule has 0 bridgehead atoms. The van der Waals surface area contributed by atoms with Crippen LogP contribution in [0.2, 0.25) is 0 Å². The molecule has 1 aliphatic rings. The average molecular weight is 400 g/mol. The van der Waals surface area contributed by atoms with Gasteiger partial charge < -0.3 is 20.1 Å². The molecule has 1 aromatic heterocycles. The molecule has 0 radical (unpaired) electrons. The van der Waals surface area contributed by atoms with E-state index in [4.69, 9.17) is 0 Å². The number of piperidine rings is 1. The van der Waals surface area contributed by atoms with Crippen LogP contribution in [0.3, 0.4) is 0 Å². The lowest BCUT2D eigenvalue weighted by molar-refractivity contribution is -0.00376. The first-order chi connectivity index (χ1) is 14.5. The maximum absolute atomic E-state index is 13.3. The van der Waals surface area contributed by atoms with Crippen molar-refractivity contribution in [2.75, 3.05) is 13.1 Å². The molecule has 5 heteroatoms. The summed E-state index contributed by atoms with van der Waals surface area (Å²) in [6.45, 7) is 2.57. The number of benzene rings is 3. The van der Waals surface area contributed by atoms with E-state index in [1.54, 1.807) is 4.90 Å². The first-order valence-electron chi connectivity index (χ1n) is 10.3. The van der Waals surface area contributed by atoms with Crippen molar-refractivity contribution >= 4 is 27.6 Å². The van der Waals surface area contributed by atoms with Crippen LogP contribution in [-0.4, -0.2) is 51.3 Å². The summed E-state index contributed by atoms with van der Waals surface area (Å²) < 4.78 is 0. The SMILES string of the molecule is Cc1cccc2c(-c3ccc(C(=O)N4C[C@H](O)C[C@@H](O)C4)c4ccccc34)c[nH]c12. The van der Waals surface area contributed by atoms with Gasteiger partial charge in [-0.3, -0.25) is 4.79 Å². The summed E-state index contributed by atoms with van der Waals surface area (Å²) in [7, 11) is 0. The van der Waals surface area contributed by atoms with Gasteiger partial charge in [-0.1, -0.05) is 48.5 Å². The summed E-state index contributed by atoms with van der Waals surface area (Å²) in [5.74, 6) is -0.162. The molecule has 3 aromatic carbocycles. The molecule has 0 unspecified atom stereocenters. The van der Waals surface area contributed by atoms with Crippen LogP contribution < -0.4 is 0 Å². The number of fused-ring (bicyclic) bond motifs is 2. The first kappa shape index (κ1) is 18.9. The Morgan fingerprint density at radius 3 is 2.37 bits per heavy atom. The number of aromatic amines is 1. The smallest absolute Gasteiger partial charge is 0.254 e. The topological polar surface area (TPSA) is 76.6 Å². The summed E-state index contributed by atoms with van der Waals surface area (Å²) in [5, 5.41) is 23.0. The minimum absolute atomic E-state index is 0.162. The highest BCUT2D eigenvalue weighted by Crippen LogP contribution is 2.36. The van der Waals surface area contributed by atoms with E-state index < -0.39 is 12.2 Å². The number of carbonyl (C=O) groups excluding carboxylic acids is 1. The van der Waals surface area contributed by atoms with Gasteiger partial charge in [-0.15, -0.1) is 0 Å². The van der Waals surface area contributed by atoms with Gasteiger partial charge in [0, 0.05) is 47.7 Å². The number of nitrogens with zero attached hydrogens (tertiary/aromatic N) is 1. The number of amides is 1. The molecule has 1 amide bonds. The number of aromatic nitrogens is 1. The van der Waals surface area contributed by atoms with Crippen LogP contribution in [0.25, 0.3) is 32.8 Å². The molecule has 0 aliphatic carbocycles. The van der Waals surface area contributed by atoms with E-state index in [9.17, 15) is 15.0 Å². The fourth-order valence-electron chi connectivity index (χ4n) is 4.63. The zero-order valence-corrected chi connectivity index (χ0v) is 16.8. The van der Waals surface area contributed by atoms with E-state index in [2.05, 4.69) is 30.1 Å². The third kappa shape index (κ3) is 3.07. The molecule has 3 N–H and O–H groups in total. The van der Waals surface area contributed by atoms with Crippen molar-refractivity contribution in [2.24, 2.45) is 0 Å². The largest absolute Gasteiger partial charge is 0.391 e. The number of H-pyrrole nitrogens is 1. The molecule has 0 spiro atoms. The Kier molecular flexibility index (Phi) is 4.57. The van der Waals surface area contributed by atoms with Crippen molar-refractivity contribution in [3.8, 4) is 11.1 Å². The average Bonchev–Trinajstić information content (AvgIpc) is 3.17. The highest BCUT2D eigenvalue weighted by Gasteiger charge is 2.29. The van der Waals surface area contributed by atoms with Crippen LogP contribution in [0.5, 0.6) is 0 Å². The van der Waals surface area contributed by atoms with E-state index in [-0.39, 0.29) is 19.0 Å². The van der Waals surface area contributed by atoms with Gasteiger partial charge in [0.25, 0.3) is 5.91 Å². The molecule has 2 atom stereocenters. The molecule has 5 rings (SSSR count). The van der Waals surface area contributed by atoms with Crippen molar-refractivity contribution in [1.29, 1.82) is 0 Å². The molecule has 0 saturated carbocycles. The van der Waals surface area contributed by atoms with Gasteiger partial charge in [-0.2, -0.15) is 0 Å². The third-order valence-electron chi connectivity index (χ3n) is 6.06. The van der Waals surface area contributed by atoms with Gasteiger partial charge in [0.2, 0.25) is 0 Å². The second-order valence-corrected chi connectivity index (χ2v) is 8.16. The lowest BCUT2D eigenvalue weighted by atomic mass is 9.93. The second-order valence-electron chi connectivity index (χ2n) is 8.16. The number of aryl methyl sites for hydroxylation is 1. The van der Waals surface area contributed by atoms with Crippen molar-refractivity contribution < 1.29 is 15.0 Å². The highest BCUT2D eigenvalue weighted by molar-refractivity contribution is 6.13. The standard InChI is InChI=1S/C25H24N2O3/c1-15-5-4-8-21-23(12-26-24(15)21)20-9-10-22(19-7-3-2-6-18(19)20)25(30)27-13-16(28)11-17(29)14-27/h2-10,12,16-17,26,28-29H,11,13-14H2,1H3/t16-,17-/m1/s1. The number of β-amino-alcohol motifs (C(OH)–C–C–N with tert-alkyl or cyclic N) is 2. The molecule has 5 nitrogen and oxygen atoms in total. The molecular formula is C25H24N2O3. The number of hydrogen-bond acceptors (Lipinski definition) is 3. The van der Waals surface area contributed by atoms with Crippen LogP contribution in [0.15, 0.2) is 60.8 Å². The maximum atomic E-state index is 13.3. The maximum Gasteiger partial charge on any atom is 0.254 e. The van der Waals surface area contributed by atoms with Gasteiger partial charge in [-0.25, -0.2) is 0 Å². The minimum Gasteiger partial charge on any atom is -0.391 e. The summed E-state index contributed by atoms with van der Waals surface area (Å²) >= 11 is 0. The summed E-state index contributed by atoms with van der Waals surface area (Å²) in [5.41, 5.74) is 5.07. The predicted molar refractivity (Wildman–Crippen MR) is 119 cm³/mol. The van der Waals surface area contributed by atoms with E-state index >= 15 is 0 Å². The lowest BCUT2D eigenvalue weighted by Crippen LogP contribution is -2.48. The Morgan fingerprint density at radius 2 is 1.60 bits per heavy atom. The molecule has 2 heterocycles. The second kappa shape index (κ2) is 7.27. The predicted octanol–water partition coefficient (Wildman–Crippen LogP) is 3.86. The van der Waals surface area contributed by atoms with Crippen molar-refractivity contribution in [3.05, 3.63) is 71.9 Å². The van der Waals surface area contributed by atoms with Crippen LogP contribution in [0, 0.1) is 6.92 Å². The third-order valence-corrected chi connectivity index (χ3v) is 6.06. The van der Waals surface area contributed by atoms with Crippen molar-refractivity contribution in [2.45, 2.75) is 25.6 Å². The first-order valence-corrected chi connectivity index (χ1v) is 10.3. The molecule has 4 aromatic rings. The summed E-state index contributed by atoms with van der Waals surface area (Å²) in [4.78, 5) is 18.2. The van der Waals surface area contributed by atoms with Crippen LogP contribution in [0.4, 0.5) is 0 Å². The van der Waals surface area contributed by atoms with Crippen LogP contribution in [0.1, 0.15) is 22.3 Å². The lowest BCUT2D eigenvalue weighted by Gasteiger charge is -2.33. The number of carbonyl (C=O) groups is 1. The van der Waals surface area contributed by atoms with E-state index in [0.29, 0.717) is 12.0 Å². The van der Waals surface area contributed by atoms with Crippen molar-refractivity contribution in [3.63, 3.8) is 0 Å². The van der Waals surface area contributed by atoms with Gasteiger partial charge in [0.15, 0.2) is 0 Å². The fourth-order valence-corrected chi connectivity index (χ4v) is 4.63. The molecule has 30 heavy (non-hydrogen) atoms. The number of nitrogens with one attached hydrogen (secondary N) is 1. The Morgan fingerprint density at radius 1 is 0.900 bits per heavy atom. The molecular weight excluding hydrogens is 376 g/mol. The number of para-hydroxylation sites is 1. The van der Waals surface area contributed by atoms with Gasteiger partial charge in [0.05, 0.1) is 12.2 Å². The van der Waals surface area contributed by atoms with E-state index in [1.807, 2.05) is 42.6 Å². The molecule has 1 saturated heterocycles. The Labute approximate surface area is 174 Å². The van der Waals surface area contributed by atoms with Crippen molar-refractivity contribution in [1.82, 2.24) is 9.88 Å². The molecule has 152 valence electrons. The van der Waals surface area contributed by atoms with Crippen LogP contribution in [-0.2, 0) is 0 Å².